The zero-order chi connectivity index (χ0) is 5.40. The molecule has 45 valence electrons. The molecule has 2 saturated heterocycles. The summed E-state index contributed by atoms with van der Waals surface area (Å²) in [7, 11) is 0. The van der Waals surface area contributed by atoms with Crippen LogP contribution in [0.25, 0.3) is 0 Å². The maximum absolute atomic E-state index is 2.45. The minimum atomic E-state index is 1.01. The van der Waals surface area contributed by atoms with E-state index in [1.165, 1.54) is 25.9 Å². The van der Waals surface area contributed by atoms with E-state index < -0.39 is 0 Å². The van der Waals surface area contributed by atoms with Gasteiger partial charge in [-0.05, 0) is 18.8 Å². The monoisotopic (exact) mass is 128 g/mol. The molecule has 2 atom stereocenters. The fourth-order valence-corrected chi connectivity index (χ4v) is 2.45. The van der Waals surface area contributed by atoms with E-state index in [1.807, 2.05) is 11.9 Å². The number of nitrogens with zero attached hydrogens (tertiary/aromatic N) is 1. The van der Waals surface area contributed by atoms with Crippen molar-refractivity contribution in [3.63, 3.8) is 0 Å². The summed E-state index contributed by atoms with van der Waals surface area (Å²) in [6, 6.07) is 0. The SMILES string of the molecule is [CH]1CC2CCN(C2)S1. The molecule has 0 aromatic heterocycles. The van der Waals surface area contributed by atoms with Crippen molar-refractivity contribution in [2.24, 2.45) is 5.92 Å². The molecule has 0 aromatic carbocycles. The van der Waals surface area contributed by atoms with Gasteiger partial charge in [-0.25, -0.2) is 0 Å². The Hall–Kier alpha value is 0.310. The summed E-state index contributed by atoms with van der Waals surface area (Å²) in [6.07, 6.45) is 2.78. The molecule has 2 heterocycles. The van der Waals surface area contributed by atoms with Crippen molar-refractivity contribution in [1.29, 1.82) is 0 Å². The van der Waals surface area contributed by atoms with Crippen molar-refractivity contribution in [3.05, 3.63) is 5.75 Å². The van der Waals surface area contributed by atoms with E-state index in [-0.39, 0.29) is 0 Å². The Morgan fingerprint density at radius 2 is 2.62 bits per heavy atom. The van der Waals surface area contributed by atoms with Crippen LogP contribution in [0.2, 0.25) is 0 Å². The lowest BCUT2D eigenvalue weighted by Crippen LogP contribution is -2.15. The van der Waals surface area contributed by atoms with Crippen molar-refractivity contribution in [2.75, 3.05) is 13.1 Å². The van der Waals surface area contributed by atoms with Gasteiger partial charge >= 0.3 is 0 Å². The van der Waals surface area contributed by atoms with Crippen LogP contribution in [0.4, 0.5) is 0 Å². The standard InChI is InChI=1S/C6H10NS/c1-3-7-5-6(1)2-4-8-7/h4,6H,1-3,5H2. The largest absolute Gasteiger partial charge is 0.250 e. The molecule has 0 aliphatic carbocycles. The maximum atomic E-state index is 2.45. The summed E-state index contributed by atoms with van der Waals surface area (Å²) in [5.41, 5.74) is 0. The molecule has 0 amide bonds. The highest BCUT2D eigenvalue weighted by atomic mass is 32.2. The molecule has 2 unspecified atom stereocenters. The average molecular weight is 128 g/mol. The molecule has 2 aliphatic heterocycles. The van der Waals surface area contributed by atoms with E-state index in [0.29, 0.717) is 0 Å². The van der Waals surface area contributed by atoms with Gasteiger partial charge in [0.05, 0.1) is 0 Å². The van der Waals surface area contributed by atoms with Crippen molar-refractivity contribution < 1.29 is 0 Å². The van der Waals surface area contributed by atoms with Gasteiger partial charge in [0.2, 0.25) is 0 Å². The first kappa shape index (κ1) is 5.12. The smallest absolute Gasteiger partial charge is 0.0330 e. The highest BCUT2D eigenvalue weighted by molar-refractivity contribution is 7.99. The van der Waals surface area contributed by atoms with Gasteiger partial charge in [-0.2, -0.15) is 0 Å². The minimum Gasteiger partial charge on any atom is -0.250 e. The normalized spacial score (nSPS) is 45.0. The van der Waals surface area contributed by atoms with Crippen LogP contribution in [0.15, 0.2) is 0 Å². The third kappa shape index (κ3) is 0.759. The van der Waals surface area contributed by atoms with Crippen LogP contribution in [-0.2, 0) is 0 Å². The molecule has 8 heavy (non-hydrogen) atoms. The van der Waals surface area contributed by atoms with Crippen LogP contribution >= 0.6 is 11.9 Å². The van der Waals surface area contributed by atoms with E-state index in [9.17, 15) is 0 Å². The molecule has 0 N–H and O–H groups in total. The predicted molar refractivity (Wildman–Crippen MR) is 36.2 cm³/mol. The van der Waals surface area contributed by atoms with E-state index in [4.69, 9.17) is 0 Å². The molecule has 0 saturated carbocycles. The van der Waals surface area contributed by atoms with E-state index in [2.05, 4.69) is 10.1 Å². The Kier molecular flexibility index (Phi) is 1.23. The maximum Gasteiger partial charge on any atom is 0.0330 e. The molecule has 2 heteroatoms. The summed E-state index contributed by atoms with van der Waals surface area (Å²) in [4.78, 5) is 0. The van der Waals surface area contributed by atoms with Crippen molar-refractivity contribution in [3.8, 4) is 0 Å². The molecule has 2 fully saturated rings. The molecule has 0 spiro atoms. The van der Waals surface area contributed by atoms with Gasteiger partial charge in [0.15, 0.2) is 0 Å². The molecule has 2 bridgehead atoms. The summed E-state index contributed by atoms with van der Waals surface area (Å²) >= 11 is 1.91. The van der Waals surface area contributed by atoms with Crippen LogP contribution < -0.4 is 0 Å². The van der Waals surface area contributed by atoms with Gasteiger partial charge in [-0.3, -0.25) is 4.31 Å². The van der Waals surface area contributed by atoms with Crippen LogP contribution in [0, 0.1) is 11.7 Å². The second-order valence-electron chi connectivity index (χ2n) is 2.55. The topological polar surface area (TPSA) is 3.24 Å². The van der Waals surface area contributed by atoms with Crippen LogP contribution in [0.3, 0.4) is 0 Å². The third-order valence-electron chi connectivity index (χ3n) is 1.90. The van der Waals surface area contributed by atoms with Gasteiger partial charge in [-0.15, -0.1) is 0 Å². The lowest BCUT2D eigenvalue weighted by molar-refractivity contribution is 0.505. The first-order valence-electron chi connectivity index (χ1n) is 3.18. The fraction of sp³-hybridized carbons (Fsp3) is 0.833. The first-order chi connectivity index (χ1) is 3.95. The van der Waals surface area contributed by atoms with Crippen LogP contribution in [0.5, 0.6) is 0 Å². The predicted octanol–water partition coefficient (Wildman–Crippen LogP) is 1.52. The molecule has 2 rings (SSSR count). The van der Waals surface area contributed by atoms with Crippen LogP contribution in [0.1, 0.15) is 12.8 Å². The van der Waals surface area contributed by atoms with Crippen molar-refractivity contribution >= 4 is 11.9 Å². The molecule has 1 radical (unpaired) electrons. The first-order valence-corrected chi connectivity index (χ1v) is 4.02. The lowest BCUT2D eigenvalue weighted by Gasteiger charge is -2.19. The number of hydrogen-bond donors (Lipinski definition) is 0. The molecule has 0 aromatic rings. The zero-order valence-electron chi connectivity index (χ0n) is 4.84. The highest BCUT2D eigenvalue weighted by Gasteiger charge is 2.26. The summed E-state index contributed by atoms with van der Waals surface area (Å²) in [6.45, 7) is 2.67. The Labute approximate surface area is 54.6 Å². The summed E-state index contributed by atoms with van der Waals surface area (Å²) in [5.74, 6) is 3.34. The summed E-state index contributed by atoms with van der Waals surface area (Å²) in [5, 5.41) is 0. The summed E-state index contributed by atoms with van der Waals surface area (Å²) < 4.78 is 2.45. The van der Waals surface area contributed by atoms with Gasteiger partial charge in [0.1, 0.15) is 0 Å². The fourth-order valence-electron chi connectivity index (χ4n) is 1.37. The third-order valence-corrected chi connectivity index (χ3v) is 2.87. The number of fused-ring (bicyclic) bond motifs is 2. The Morgan fingerprint density at radius 3 is 3.38 bits per heavy atom. The van der Waals surface area contributed by atoms with Crippen molar-refractivity contribution in [2.45, 2.75) is 12.8 Å². The Balaban J connectivity index is 2.03. The molecular formula is C6H10NS. The van der Waals surface area contributed by atoms with E-state index in [1.54, 1.807) is 0 Å². The molecule has 2 aliphatic rings. The zero-order valence-corrected chi connectivity index (χ0v) is 5.66. The van der Waals surface area contributed by atoms with Crippen LogP contribution in [-0.4, -0.2) is 17.4 Å². The average Bonchev–Trinajstić information content (AvgIpc) is 2.12. The van der Waals surface area contributed by atoms with Gasteiger partial charge < -0.3 is 0 Å². The van der Waals surface area contributed by atoms with E-state index in [0.717, 1.165) is 5.92 Å². The lowest BCUT2D eigenvalue weighted by atomic mass is 10.1. The molecule has 1 nitrogen and oxygen atoms in total. The number of rotatable bonds is 0. The van der Waals surface area contributed by atoms with Gasteiger partial charge in [-0.1, -0.05) is 11.9 Å². The van der Waals surface area contributed by atoms with E-state index >= 15 is 0 Å². The van der Waals surface area contributed by atoms with Gasteiger partial charge in [0.25, 0.3) is 0 Å². The quantitative estimate of drug-likeness (QED) is 0.455. The Bertz CT molecular complexity index is 80.5. The van der Waals surface area contributed by atoms with Crippen molar-refractivity contribution in [1.82, 2.24) is 4.31 Å². The second kappa shape index (κ2) is 1.92. The van der Waals surface area contributed by atoms with Gasteiger partial charge in [0, 0.05) is 18.8 Å². The Morgan fingerprint density at radius 1 is 1.62 bits per heavy atom. The molecular weight excluding hydrogens is 118 g/mol. The number of hydrogen-bond acceptors (Lipinski definition) is 2. The second-order valence-corrected chi connectivity index (χ2v) is 3.61. The minimum absolute atomic E-state index is 1.01. The highest BCUT2D eigenvalue weighted by Crippen LogP contribution is 2.34.